The van der Waals surface area contributed by atoms with E-state index in [1.165, 1.54) is 0 Å². The van der Waals surface area contributed by atoms with Crippen LogP contribution in [0.2, 0.25) is 0 Å². The summed E-state index contributed by atoms with van der Waals surface area (Å²) < 4.78 is 3.85. The van der Waals surface area contributed by atoms with E-state index in [4.69, 9.17) is 12.2 Å². The predicted molar refractivity (Wildman–Crippen MR) is 80.3 cm³/mol. The maximum Gasteiger partial charge on any atom is 0.179 e. The summed E-state index contributed by atoms with van der Waals surface area (Å²) in [4.78, 5) is 7.68. The molecule has 0 aliphatic heterocycles. The van der Waals surface area contributed by atoms with Gasteiger partial charge < -0.3 is 4.98 Å². The molecule has 0 saturated heterocycles. The second kappa shape index (κ2) is 5.54. The number of fused-ring (bicyclic) bond motifs is 1. The summed E-state index contributed by atoms with van der Waals surface area (Å²) in [5.74, 6) is 1.05. The molecule has 17 heavy (non-hydrogen) atoms. The van der Waals surface area contributed by atoms with Crippen molar-refractivity contribution in [2.75, 3.05) is 12.0 Å². The molecule has 0 amide bonds. The average Bonchev–Trinajstić information content (AvgIpc) is 2.61. The third-order valence-electron chi connectivity index (χ3n) is 2.72. The van der Waals surface area contributed by atoms with E-state index in [0.29, 0.717) is 6.04 Å². The summed E-state index contributed by atoms with van der Waals surface area (Å²) in [5.41, 5.74) is 1.93. The third-order valence-corrected chi connectivity index (χ3v) is 4.17. The van der Waals surface area contributed by atoms with E-state index in [0.717, 1.165) is 32.6 Å². The van der Waals surface area contributed by atoms with Gasteiger partial charge in [0.25, 0.3) is 0 Å². The number of aromatic amines is 1. The lowest BCUT2D eigenvalue weighted by molar-refractivity contribution is 0.544. The number of halogens is 1. The highest BCUT2D eigenvalue weighted by Crippen LogP contribution is 2.24. The van der Waals surface area contributed by atoms with Crippen LogP contribution in [0.15, 0.2) is 16.7 Å². The lowest BCUT2D eigenvalue weighted by Crippen LogP contribution is -2.11. The van der Waals surface area contributed by atoms with E-state index < -0.39 is 0 Å². The van der Waals surface area contributed by atoms with Gasteiger partial charge in [-0.1, -0.05) is 6.92 Å². The molecule has 92 valence electrons. The number of imidazole rings is 1. The van der Waals surface area contributed by atoms with Gasteiger partial charge in [0.15, 0.2) is 10.4 Å². The Morgan fingerprint density at radius 2 is 2.41 bits per heavy atom. The van der Waals surface area contributed by atoms with E-state index in [1.54, 1.807) is 0 Å². The Morgan fingerprint density at radius 1 is 1.65 bits per heavy atom. The molecule has 0 radical (unpaired) electrons. The Labute approximate surface area is 118 Å². The molecule has 2 aromatic heterocycles. The number of nitrogens with zero attached hydrogens (tertiary/aromatic N) is 2. The maximum absolute atomic E-state index is 5.40. The van der Waals surface area contributed by atoms with Crippen LogP contribution in [0.3, 0.4) is 0 Å². The van der Waals surface area contributed by atoms with Crippen molar-refractivity contribution < 1.29 is 0 Å². The van der Waals surface area contributed by atoms with Crippen LogP contribution in [0.1, 0.15) is 19.4 Å². The molecule has 1 N–H and O–H groups in total. The zero-order chi connectivity index (χ0) is 12.4. The molecule has 3 nitrogen and oxygen atoms in total. The van der Waals surface area contributed by atoms with Crippen molar-refractivity contribution in [2.24, 2.45) is 0 Å². The minimum Gasteiger partial charge on any atom is -0.329 e. The van der Waals surface area contributed by atoms with Crippen molar-refractivity contribution >= 4 is 51.1 Å². The van der Waals surface area contributed by atoms with Crippen LogP contribution in [0.25, 0.3) is 11.2 Å². The van der Waals surface area contributed by atoms with Gasteiger partial charge in [-0.2, -0.15) is 11.8 Å². The second-order valence-electron chi connectivity index (χ2n) is 3.84. The highest BCUT2D eigenvalue weighted by molar-refractivity contribution is 9.10. The average molecular weight is 332 g/mol. The van der Waals surface area contributed by atoms with Crippen molar-refractivity contribution in [2.45, 2.75) is 19.4 Å². The molecule has 0 aliphatic carbocycles. The van der Waals surface area contributed by atoms with E-state index in [-0.39, 0.29) is 0 Å². The zero-order valence-corrected chi connectivity index (χ0v) is 13.0. The van der Waals surface area contributed by atoms with Crippen LogP contribution in [-0.2, 0) is 0 Å². The number of aromatic nitrogens is 3. The molecule has 2 rings (SSSR count). The Balaban J connectivity index is 2.59. The van der Waals surface area contributed by atoms with E-state index in [1.807, 2.05) is 24.0 Å². The molecule has 0 bridgehead atoms. The first kappa shape index (κ1) is 13.1. The molecular weight excluding hydrogens is 318 g/mol. The fourth-order valence-electron chi connectivity index (χ4n) is 1.89. The topological polar surface area (TPSA) is 33.6 Å². The van der Waals surface area contributed by atoms with Crippen LogP contribution in [0, 0.1) is 4.77 Å². The van der Waals surface area contributed by atoms with Crippen LogP contribution in [-0.4, -0.2) is 26.5 Å². The van der Waals surface area contributed by atoms with Gasteiger partial charge in [-0.05, 0) is 46.9 Å². The van der Waals surface area contributed by atoms with Crippen molar-refractivity contribution in [1.82, 2.24) is 14.5 Å². The lowest BCUT2D eigenvalue weighted by atomic mass is 10.2. The van der Waals surface area contributed by atoms with Crippen molar-refractivity contribution in [3.05, 3.63) is 21.5 Å². The van der Waals surface area contributed by atoms with Gasteiger partial charge in [0.2, 0.25) is 0 Å². The van der Waals surface area contributed by atoms with Crippen molar-refractivity contribution in [3.8, 4) is 0 Å². The summed E-state index contributed by atoms with van der Waals surface area (Å²) in [6.45, 7) is 2.18. The van der Waals surface area contributed by atoms with Gasteiger partial charge in [0, 0.05) is 22.5 Å². The Morgan fingerprint density at radius 3 is 3.06 bits per heavy atom. The molecule has 0 aliphatic rings. The number of hydrogen-bond donors (Lipinski definition) is 1. The molecule has 0 aromatic carbocycles. The van der Waals surface area contributed by atoms with Crippen LogP contribution in [0.4, 0.5) is 0 Å². The quantitative estimate of drug-likeness (QED) is 0.853. The van der Waals surface area contributed by atoms with Gasteiger partial charge in [-0.15, -0.1) is 0 Å². The van der Waals surface area contributed by atoms with Gasteiger partial charge >= 0.3 is 0 Å². The highest BCUT2D eigenvalue weighted by Gasteiger charge is 2.14. The van der Waals surface area contributed by atoms with Crippen LogP contribution in [0.5, 0.6) is 0 Å². The number of pyridine rings is 1. The first-order valence-electron chi connectivity index (χ1n) is 5.42. The number of hydrogen-bond acceptors (Lipinski definition) is 3. The molecule has 0 saturated carbocycles. The molecule has 0 spiro atoms. The van der Waals surface area contributed by atoms with Gasteiger partial charge in [-0.25, -0.2) is 4.98 Å². The smallest absolute Gasteiger partial charge is 0.179 e. The van der Waals surface area contributed by atoms with Gasteiger partial charge in [-0.3, -0.25) is 4.57 Å². The van der Waals surface area contributed by atoms with E-state index >= 15 is 0 Å². The third kappa shape index (κ3) is 2.58. The second-order valence-corrected chi connectivity index (χ2v) is 6.06. The highest BCUT2D eigenvalue weighted by atomic mass is 79.9. The SMILES string of the molecule is CCC(CSC)n1c(=S)[nH]c2cc(Br)cnc21. The lowest BCUT2D eigenvalue weighted by Gasteiger charge is -2.15. The number of nitrogens with one attached hydrogen (secondary N) is 1. The molecule has 1 unspecified atom stereocenters. The van der Waals surface area contributed by atoms with Crippen molar-refractivity contribution in [1.29, 1.82) is 0 Å². The van der Waals surface area contributed by atoms with Crippen LogP contribution >= 0.6 is 39.9 Å². The monoisotopic (exact) mass is 331 g/mol. The molecule has 6 heteroatoms. The summed E-state index contributed by atoms with van der Waals surface area (Å²) in [5, 5.41) is 0. The number of thioether (sulfide) groups is 1. The predicted octanol–water partition coefficient (Wildman–Crippen LogP) is 4.17. The molecular formula is C11H14BrN3S2. The summed E-state index contributed by atoms with van der Waals surface area (Å²) in [7, 11) is 0. The van der Waals surface area contributed by atoms with E-state index in [2.05, 4.69) is 43.6 Å². The Bertz CT molecular complexity index is 576. The van der Waals surface area contributed by atoms with Gasteiger partial charge in [0.1, 0.15) is 0 Å². The first-order valence-corrected chi connectivity index (χ1v) is 8.01. The molecule has 0 fully saturated rings. The van der Waals surface area contributed by atoms with Crippen molar-refractivity contribution in [3.63, 3.8) is 0 Å². The fourth-order valence-corrected chi connectivity index (χ4v) is 3.34. The summed E-state index contributed by atoms with van der Waals surface area (Å²) >= 11 is 10.7. The van der Waals surface area contributed by atoms with Gasteiger partial charge in [0.05, 0.1) is 5.52 Å². The standard InChI is InChI=1S/C11H14BrN3S2/c1-3-8(6-17-2)15-10-9(14-11(15)16)4-7(12)5-13-10/h4-5,8H,3,6H2,1-2H3,(H,14,16). The maximum atomic E-state index is 5.40. The molecule has 2 heterocycles. The molecule has 2 aromatic rings. The molecule has 1 atom stereocenters. The summed E-state index contributed by atoms with van der Waals surface area (Å²) in [6, 6.07) is 2.42. The fraction of sp³-hybridized carbons (Fsp3) is 0.455. The van der Waals surface area contributed by atoms with Crippen LogP contribution < -0.4 is 0 Å². The van der Waals surface area contributed by atoms with E-state index in [9.17, 15) is 0 Å². The Kier molecular flexibility index (Phi) is 4.27. The Hall–Kier alpha value is -0.330. The number of H-pyrrole nitrogens is 1. The zero-order valence-electron chi connectivity index (χ0n) is 9.74. The summed E-state index contributed by atoms with van der Waals surface area (Å²) in [6.07, 6.45) is 4.98. The first-order chi connectivity index (χ1) is 8.17. The minimum atomic E-state index is 0.403. The minimum absolute atomic E-state index is 0.403. The normalized spacial score (nSPS) is 13.1. The largest absolute Gasteiger partial charge is 0.329 e. The number of rotatable bonds is 4.